The number of rotatable bonds is 3. The maximum atomic E-state index is 12.8. The molecule has 0 saturated heterocycles. The van der Waals surface area contributed by atoms with Gasteiger partial charge in [0.15, 0.2) is 5.78 Å². The number of hydrogen-bond acceptors (Lipinski definition) is 3. The normalized spacial score (nSPS) is 43.9. The van der Waals surface area contributed by atoms with E-state index in [0.29, 0.717) is 36.8 Å². The Kier molecular flexibility index (Phi) is 3.83. The lowest BCUT2D eigenvalue weighted by atomic mass is 9.48. The summed E-state index contributed by atoms with van der Waals surface area (Å²) in [5, 5.41) is 0. The average molecular weight is 328 g/mol. The van der Waals surface area contributed by atoms with Crippen molar-refractivity contribution in [2.75, 3.05) is 13.2 Å². The van der Waals surface area contributed by atoms with Gasteiger partial charge in [0.05, 0.1) is 12.0 Å². The maximum absolute atomic E-state index is 12.8. The van der Waals surface area contributed by atoms with Crippen LogP contribution in [0.3, 0.4) is 0 Å². The second-order valence-electron chi connectivity index (χ2n) is 8.40. The van der Waals surface area contributed by atoms with Crippen LogP contribution in [0, 0.1) is 28.6 Å². The predicted molar refractivity (Wildman–Crippen MR) is 92.4 cm³/mol. The van der Waals surface area contributed by atoms with Gasteiger partial charge < -0.3 is 4.74 Å². The van der Waals surface area contributed by atoms with E-state index < -0.39 is 0 Å². The number of ketones is 2. The van der Waals surface area contributed by atoms with E-state index >= 15 is 0 Å². The first-order valence-corrected chi connectivity index (χ1v) is 9.56. The van der Waals surface area contributed by atoms with Gasteiger partial charge in [-0.15, -0.1) is 0 Å². The molecule has 0 aromatic heterocycles. The third kappa shape index (κ3) is 2.13. The Bertz CT molecular complexity index is 631. The molecule has 3 fully saturated rings. The first-order valence-electron chi connectivity index (χ1n) is 9.56. The van der Waals surface area contributed by atoms with Crippen molar-refractivity contribution in [1.29, 1.82) is 0 Å². The second-order valence-corrected chi connectivity index (χ2v) is 8.40. The molecule has 4 rings (SSSR count). The van der Waals surface area contributed by atoms with Gasteiger partial charge in [0, 0.05) is 18.4 Å². The number of carbonyl (C=O) groups is 2. The molecule has 4 aliphatic rings. The van der Waals surface area contributed by atoms with Crippen molar-refractivity contribution in [2.45, 2.75) is 52.4 Å². The SMILES string of the molecule is CCOC[C@]12CC[C@H]3[C@@H](CCC4=CC(=O)C=C[C@@]43C)[C@@H]1CCC2=O. The molecule has 24 heavy (non-hydrogen) atoms. The minimum absolute atomic E-state index is 0.0141. The van der Waals surface area contributed by atoms with Gasteiger partial charge in [0.1, 0.15) is 5.78 Å². The fourth-order valence-electron chi connectivity index (χ4n) is 6.33. The predicted octanol–water partition coefficient (Wildman–Crippen LogP) is 3.88. The Morgan fingerprint density at radius 3 is 2.79 bits per heavy atom. The third-order valence-electron chi connectivity index (χ3n) is 7.57. The van der Waals surface area contributed by atoms with Gasteiger partial charge in [0.25, 0.3) is 0 Å². The zero-order chi connectivity index (χ0) is 16.9. The molecule has 0 N–H and O–H groups in total. The first-order chi connectivity index (χ1) is 11.5. The molecule has 5 atom stereocenters. The third-order valence-corrected chi connectivity index (χ3v) is 7.57. The molecule has 4 aliphatic carbocycles. The molecule has 0 radical (unpaired) electrons. The van der Waals surface area contributed by atoms with E-state index in [4.69, 9.17) is 4.74 Å². The van der Waals surface area contributed by atoms with Gasteiger partial charge in [-0.3, -0.25) is 9.59 Å². The first kappa shape index (κ1) is 16.3. The average Bonchev–Trinajstić information content (AvgIpc) is 2.91. The summed E-state index contributed by atoms with van der Waals surface area (Å²) in [6.07, 6.45) is 11.7. The highest BCUT2D eigenvalue weighted by molar-refractivity contribution is 6.01. The van der Waals surface area contributed by atoms with Crippen LogP contribution in [0.5, 0.6) is 0 Å². The van der Waals surface area contributed by atoms with E-state index in [-0.39, 0.29) is 16.6 Å². The largest absolute Gasteiger partial charge is 0.381 e. The summed E-state index contributed by atoms with van der Waals surface area (Å²) in [4.78, 5) is 24.6. The smallest absolute Gasteiger partial charge is 0.178 e. The molecule has 0 aromatic carbocycles. The topological polar surface area (TPSA) is 43.4 Å². The molecule has 0 spiro atoms. The Morgan fingerprint density at radius 2 is 2.00 bits per heavy atom. The molecule has 0 amide bonds. The Morgan fingerprint density at radius 1 is 1.17 bits per heavy atom. The van der Waals surface area contributed by atoms with Gasteiger partial charge >= 0.3 is 0 Å². The van der Waals surface area contributed by atoms with Crippen LogP contribution in [-0.4, -0.2) is 24.8 Å². The summed E-state index contributed by atoms with van der Waals surface area (Å²) >= 11 is 0. The monoisotopic (exact) mass is 328 g/mol. The number of fused-ring (bicyclic) bond motifs is 5. The molecule has 0 aliphatic heterocycles. The minimum atomic E-state index is -0.219. The summed E-state index contributed by atoms with van der Waals surface area (Å²) in [5.74, 6) is 2.21. The van der Waals surface area contributed by atoms with E-state index in [2.05, 4.69) is 13.0 Å². The Hall–Kier alpha value is -1.22. The van der Waals surface area contributed by atoms with E-state index in [9.17, 15) is 9.59 Å². The standard InChI is InChI=1S/C21H28O3/c1-3-24-13-21-11-9-17-16(18(21)6-7-19(21)23)5-4-14-12-15(22)8-10-20(14,17)2/h8,10,12,16-18H,3-7,9,11,13H2,1-2H3/t16-,17+,18+,20+,21-/m1/s1. The van der Waals surface area contributed by atoms with Crippen LogP contribution >= 0.6 is 0 Å². The molecule has 3 heteroatoms. The van der Waals surface area contributed by atoms with Crippen LogP contribution in [-0.2, 0) is 14.3 Å². The van der Waals surface area contributed by atoms with E-state index in [1.165, 1.54) is 5.57 Å². The molecular weight excluding hydrogens is 300 g/mol. The highest BCUT2D eigenvalue weighted by Gasteiger charge is 2.60. The summed E-state index contributed by atoms with van der Waals surface area (Å²) < 4.78 is 5.78. The molecule has 0 bridgehead atoms. The zero-order valence-electron chi connectivity index (χ0n) is 14.8. The van der Waals surface area contributed by atoms with Crippen molar-refractivity contribution in [2.24, 2.45) is 28.6 Å². The number of allylic oxidation sites excluding steroid dienone is 4. The number of Topliss-reactive ketones (excluding diaryl/α,β-unsaturated/α-hetero) is 1. The molecule has 0 unspecified atom stereocenters. The van der Waals surface area contributed by atoms with Crippen LogP contribution in [0.15, 0.2) is 23.8 Å². The quantitative estimate of drug-likeness (QED) is 0.789. The lowest BCUT2D eigenvalue weighted by Gasteiger charge is -2.56. The van der Waals surface area contributed by atoms with E-state index in [0.717, 1.165) is 38.5 Å². The van der Waals surface area contributed by atoms with Crippen LogP contribution in [0.4, 0.5) is 0 Å². The lowest BCUT2D eigenvalue weighted by molar-refractivity contribution is -0.139. The Labute approximate surface area is 144 Å². The number of ether oxygens (including phenoxy) is 1. The van der Waals surface area contributed by atoms with Crippen molar-refractivity contribution in [3.05, 3.63) is 23.8 Å². The van der Waals surface area contributed by atoms with Crippen LogP contribution < -0.4 is 0 Å². The summed E-state index contributed by atoms with van der Waals surface area (Å²) in [5.41, 5.74) is 1.11. The van der Waals surface area contributed by atoms with E-state index in [1.54, 1.807) is 6.08 Å². The van der Waals surface area contributed by atoms with Crippen LogP contribution in [0.1, 0.15) is 52.4 Å². The van der Waals surface area contributed by atoms with Gasteiger partial charge in [-0.05, 0) is 68.9 Å². The lowest BCUT2D eigenvalue weighted by Crippen LogP contribution is -2.52. The maximum Gasteiger partial charge on any atom is 0.178 e. The molecule has 0 aromatic rings. The Balaban J connectivity index is 1.67. The summed E-state index contributed by atoms with van der Waals surface area (Å²) in [6, 6.07) is 0. The zero-order valence-corrected chi connectivity index (χ0v) is 14.8. The van der Waals surface area contributed by atoms with Gasteiger partial charge in [-0.25, -0.2) is 0 Å². The number of hydrogen-bond donors (Lipinski definition) is 0. The van der Waals surface area contributed by atoms with Crippen LogP contribution in [0.25, 0.3) is 0 Å². The van der Waals surface area contributed by atoms with Crippen molar-refractivity contribution in [1.82, 2.24) is 0 Å². The fourth-order valence-corrected chi connectivity index (χ4v) is 6.33. The van der Waals surface area contributed by atoms with Crippen molar-refractivity contribution in [3.8, 4) is 0 Å². The summed E-state index contributed by atoms with van der Waals surface area (Å²) in [7, 11) is 0. The number of carbonyl (C=O) groups excluding carboxylic acids is 2. The molecule has 0 heterocycles. The van der Waals surface area contributed by atoms with Gasteiger partial charge in [-0.1, -0.05) is 18.6 Å². The molecular formula is C21H28O3. The van der Waals surface area contributed by atoms with Crippen molar-refractivity contribution >= 4 is 11.6 Å². The molecule has 3 saturated carbocycles. The highest BCUT2D eigenvalue weighted by Crippen LogP contribution is 2.63. The summed E-state index contributed by atoms with van der Waals surface area (Å²) in [6.45, 7) is 5.62. The van der Waals surface area contributed by atoms with E-state index in [1.807, 2.05) is 13.0 Å². The molecule has 3 nitrogen and oxygen atoms in total. The van der Waals surface area contributed by atoms with Gasteiger partial charge in [0.2, 0.25) is 0 Å². The van der Waals surface area contributed by atoms with Crippen molar-refractivity contribution < 1.29 is 14.3 Å². The van der Waals surface area contributed by atoms with Gasteiger partial charge in [-0.2, -0.15) is 0 Å². The molecule has 130 valence electrons. The second kappa shape index (κ2) is 5.66. The minimum Gasteiger partial charge on any atom is -0.381 e. The fraction of sp³-hybridized carbons (Fsp3) is 0.714. The van der Waals surface area contributed by atoms with Crippen LogP contribution in [0.2, 0.25) is 0 Å². The van der Waals surface area contributed by atoms with Crippen molar-refractivity contribution in [3.63, 3.8) is 0 Å². The highest BCUT2D eigenvalue weighted by atomic mass is 16.5.